The fourth-order valence-corrected chi connectivity index (χ4v) is 3.64. The molecule has 0 aliphatic carbocycles. The van der Waals surface area contributed by atoms with Crippen LogP contribution in [0, 0.1) is 0 Å². The lowest BCUT2D eigenvalue weighted by Gasteiger charge is -2.10. The van der Waals surface area contributed by atoms with Crippen LogP contribution < -0.4 is 0 Å². The van der Waals surface area contributed by atoms with E-state index in [4.69, 9.17) is 11.6 Å². The van der Waals surface area contributed by atoms with Gasteiger partial charge in [-0.05, 0) is 29.3 Å². The van der Waals surface area contributed by atoms with Gasteiger partial charge in [0.25, 0.3) is 0 Å². The topological polar surface area (TPSA) is 67.5 Å². The van der Waals surface area contributed by atoms with Gasteiger partial charge in [-0.2, -0.15) is 5.10 Å². The van der Waals surface area contributed by atoms with E-state index in [0.29, 0.717) is 16.4 Å². The summed E-state index contributed by atoms with van der Waals surface area (Å²) in [5.74, 6) is -1.09. The number of carboxylic acids is 1. The molecular formula is C25H16ClN3O2. The number of rotatable bonds is 4. The van der Waals surface area contributed by atoms with Crippen molar-refractivity contribution in [2.24, 2.45) is 0 Å². The van der Waals surface area contributed by atoms with E-state index in [1.165, 1.54) is 6.07 Å². The van der Waals surface area contributed by atoms with Crippen LogP contribution >= 0.6 is 11.6 Å². The van der Waals surface area contributed by atoms with E-state index in [-0.39, 0.29) is 5.69 Å². The van der Waals surface area contributed by atoms with Crippen molar-refractivity contribution in [3.63, 3.8) is 0 Å². The Bertz CT molecular complexity index is 1390. The summed E-state index contributed by atoms with van der Waals surface area (Å²) in [6, 6.07) is 29.0. The molecule has 31 heavy (non-hydrogen) atoms. The Balaban J connectivity index is 1.67. The quantitative estimate of drug-likeness (QED) is 0.378. The Kier molecular flexibility index (Phi) is 4.73. The van der Waals surface area contributed by atoms with Crippen molar-refractivity contribution in [3.05, 3.63) is 102 Å². The molecule has 0 fully saturated rings. The summed E-state index contributed by atoms with van der Waals surface area (Å²) in [5, 5.41) is 14.3. The van der Waals surface area contributed by atoms with Crippen LogP contribution in [0.4, 0.5) is 0 Å². The molecule has 2 heterocycles. The Morgan fingerprint density at radius 3 is 2.06 bits per heavy atom. The van der Waals surface area contributed by atoms with E-state index >= 15 is 0 Å². The normalized spacial score (nSPS) is 11.0. The summed E-state index contributed by atoms with van der Waals surface area (Å²) < 4.78 is 1.57. The van der Waals surface area contributed by atoms with Crippen LogP contribution in [-0.2, 0) is 0 Å². The zero-order valence-corrected chi connectivity index (χ0v) is 17.0. The molecule has 0 aliphatic rings. The van der Waals surface area contributed by atoms with E-state index < -0.39 is 5.97 Å². The van der Waals surface area contributed by atoms with Crippen molar-refractivity contribution < 1.29 is 9.90 Å². The second kappa shape index (κ2) is 7.70. The molecule has 1 N–H and O–H groups in total. The maximum Gasteiger partial charge on any atom is 0.356 e. The standard InChI is InChI=1S/C25H16ClN3O2/c26-20-12-10-18(11-13-20)21-14-23(29-24(27-21)15-22(28-29)25(30)31)19-8-6-17(7-9-19)16-4-2-1-3-5-16/h1-15H,(H,30,31). The van der Waals surface area contributed by atoms with Gasteiger partial charge in [-0.15, -0.1) is 0 Å². The first-order valence-corrected chi connectivity index (χ1v) is 10.0. The number of benzene rings is 3. The monoisotopic (exact) mass is 425 g/mol. The molecule has 0 atom stereocenters. The molecule has 0 bridgehead atoms. The molecule has 0 unspecified atom stereocenters. The number of hydrogen-bond donors (Lipinski definition) is 1. The van der Waals surface area contributed by atoms with Gasteiger partial charge in [-0.3, -0.25) is 0 Å². The predicted molar refractivity (Wildman–Crippen MR) is 121 cm³/mol. The molecule has 6 heteroatoms. The number of carboxylic acid groups (broad SMARTS) is 1. The first-order valence-electron chi connectivity index (χ1n) is 9.64. The molecule has 0 aliphatic heterocycles. The van der Waals surface area contributed by atoms with Crippen molar-refractivity contribution in [2.45, 2.75) is 0 Å². The lowest BCUT2D eigenvalue weighted by Crippen LogP contribution is -2.01. The van der Waals surface area contributed by atoms with Crippen molar-refractivity contribution in [3.8, 4) is 33.6 Å². The molecule has 0 spiro atoms. The molecule has 0 saturated heterocycles. The molecule has 0 radical (unpaired) electrons. The second-order valence-electron chi connectivity index (χ2n) is 7.08. The van der Waals surface area contributed by atoms with Crippen LogP contribution in [0.3, 0.4) is 0 Å². The molecule has 150 valence electrons. The highest BCUT2D eigenvalue weighted by Crippen LogP contribution is 2.29. The van der Waals surface area contributed by atoms with Crippen LogP contribution in [0.1, 0.15) is 10.5 Å². The van der Waals surface area contributed by atoms with Gasteiger partial charge < -0.3 is 5.11 Å². The highest BCUT2D eigenvalue weighted by Gasteiger charge is 2.16. The van der Waals surface area contributed by atoms with E-state index in [0.717, 1.165) is 27.9 Å². The summed E-state index contributed by atoms with van der Waals surface area (Å²) in [7, 11) is 0. The summed E-state index contributed by atoms with van der Waals surface area (Å²) in [6.45, 7) is 0. The number of aromatic carboxylic acids is 1. The first-order chi connectivity index (χ1) is 15.1. The number of fused-ring (bicyclic) bond motifs is 1. The third-order valence-corrected chi connectivity index (χ3v) is 5.33. The highest BCUT2D eigenvalue weighted by molar-refractivity contribution is 6.30. The van der Waals surface area contributed by atoms with E-state index in [9.17, 15) is 9.90 Å². The average Bonchev–Trinajstić information content (AvgIpc) is 3.24. The SMILES string of the molecule is O=C(O)c1cc2nc(-c3ccc(Cl)cc3)cc(-c3ccc(-c4ccccc4)cc3)n2n1. The third-order valence-electron chi connectivity index (χ3n) is 5.07. The molecular weight excluding hydrogens is 410 g/mol. The van der Waals surface area contributed by atoms with Crippen molar-refractivity contribution in [2.75, 3.05) is 0 Å². The van der Waals surface area contributed by atoms with Crippen LogP contribution in [0.15, 0.2) is 91.0 Å². The van der Waals surface area contributed by atoms with Crippen molar-refractivity contribution >= 4 is 23.2 Å². The minimum Gasteiger partial charge on any atom is -0.476 e. The van der Waals surface area contributed by atoms with Gasteiger partial charge in [0, 0.05) is 22.2 Å². The third kappa shape index (κ3) is 3.67. The van der Waals surface area contributed by atoms with Gasteiger partial charge in [-0.25, -0.2) is 14.3 Å². The molecule has 3 aromatic carbocycles. The molecule has 5 aromatic rings. The van der Waals surface area contributed by atoms with Gasteiger partial charge in [0.15, 0.2) is 11.3 Å². The molecule has 2 aromatic heterocycles. The Morgan fingerprint density at radius 2 is 1.39 bits per heavy atom. The smallest absolute Gasteiger partial charge is 0.356 e. The zero-order chi connectivity index (χ0) is 21.4. The van der Waals surface area contributed by atoms with E-state index in [2.05, 4.69) is 22.2 Å². The fourth-order valence-electron chi connectivity index (χ4n) is 3.52. The predicted octanol–water partition coefficient (Wildman–Crippen LogP) is 6.08. The zero-order valence-electron chi connectivity index (χ0n) is 16.2. The molecule has 5 rings (SSSR count). The van der Waals surface area contributed by atoms with Crippen LogP contribution in [0.2, 0.25) is 5.02 Å². The number of carbonyl (C=O) groups is 1. The van der Waals surface area contributed by atoms with Gasteiger partial charge in [0.05, 0.1) is 11.4 Å². The van der Waals surface area contributed by atoms with Gasteiger partial charge in [0.2, 0.25) is 0 Å². The number of aromatic nitrogens is 3. The lowest BCUT2D eigenvalue weighted by molar-refractivity contribution is 0.0690. The maximum absolute atomic E-state index is 11.5. The minimum absolute atomic E-state index is 0.0529. The van der Waals surface area contributed by atoms with Crippen molar-refractivity contribution in [1.82, 2.24) is 14.6 Å². The Morgan fingerprint density at radius 1 is 0.774 bits per heavy atom. The van der Waals surface area contributed by atoms with E-state index in [1.807, 2.05) is 60.7 Å². The lowest BCUT2D eigenvalue weighted by atomic mass is 10.0. The van der Waals surface area contributed by atoms with Crippen LogP contribution in [0.5, 0.6) is 0 Å². The number of nitrogens with zero attached hydrogens (tertiary/aromatic N) is 3. The summed E-state index contributed by atoms with van der Waals surface area (Å²) in [4.78, 5) is 16.1. The van der Waals surface area contributed by atoms with Crippen LogP contribution in [-0.4, -0.2) is 25.7 Å². The summed E-state index contributed by atoms with van der Waals surface area (Å²) in [6.07, 6.45) is 0. The molecule has 5 nitrogen and oxygen atoms in total. The average molecular weight is 426 g/mol. The van der Waals surface area contributed by atoms with E-state index in [1.54, 1.807) is 16.6 Å². The molecule has 0 amide bonds. The number of hydrogen-bond acceptors (Lipinski definition) is 3. The summed E-state index contributed by atoms with van der Waals surface area (Å²) in [5.41, 5.74) is 5.89. The van der Waals surface area contributed by atoms with Gasteiger partial charge >= 0.3 is 5.97 Å². The second-order valence-corrected chi connectivity index (χ2v) is 7.52. The Hall–Kier alpha value is -3.96. The fraction of sp³-hybridized carbons (Fsp3) is 0. The highest BCUT2D eigenvalue weighted by atomic mass is 35.5. The number of halogens is 1. The van der Waals surface area contributed by atoms with Crippen molar-refractivity contribution in [1.29, 1.82) is 0 Å². The van der Waals surface area contributed by atoms with Gasteiger partial charge in [0.1, 0.15) is 0 Å². The largest absolute Gasteiger partial charge is 0.476 e. The van der Waals surface area contributed by atoms with Crippen LogP contribution in [0.25, 0.3) is 39.3 Å². The minimum atomic E-state index is -1.09. The first kappa shape index (κ1) is 19.0. The molecule has 0 saturated carbocycles. The van der Waals surface area contributed by atoms with Gasteiger partial charge in [-0.1, -0.05) is 78.3 Å². The maximum atomic E-state index is 11.5. The Labute approximate surface area is 183 Å². The summed E-state index contributed by atoms with van der Waals surface area (Å²) >= 11 is 6.03.